The summed E-state index contributed by atoms with van der Waals surface area (Å²) >= 11 is 0. The lowest BCUT2D eigenvalue weighted by Crippen LogP contribution is -2.32. The highest BCUT2D eigenvalue weighted by Crippen LogP contribution is 2.18. The second-order valence-electron chi connectivity index (χ2n) is 4.49. The first-order chi connectivity index (χ1) is 9.28. The number of alkyl halides is 2. The van der Waals surface area contributed by atoms with Crippen LogP contribution in [0.25, 0.3) is 0 Å². The minimum Gasteiger partial charge on any atom is -0.350 e. The third-order valence-electron chi connectivity index (χ3n) is 2.78. The Bertz CT molecular complexity index is 555. The van der Waals surface area contributed by atoms with Crippen LogP contribution in [0.4, 0.5) is 8.78 Å². The molecule has 1 rings (SSSR count). The predicted molar refractivity (Wildman–Crippen MR) is 71.5 cm³/mol. The molecule has 20 heavy (non-hydrogen) atoms. The van der Waals surface area contributed by atoms with Gasteiger partial charge in [0.15, 0.2) is 0 Å². The van der Waals surface area contributed by atoms with Crippen LogP contribution in [0, 0.1) is 0 Å². The highest BCUT2D eigenvalue weighted by Gasteiger charge is 2.26. The molecule has 0 saturated carbocycles. The highest BCUT2D eigenvalue weighted by atomic mass is 32.2. The van der Waals surface area contributed by atoms with Crippen LogP contribution in [-0.2, 0) is 9.84 Å². The van der Waals surface area contributed by atoms with Crippen LogP contribution >= 0.6 is 0 Å². The second kappa shape index (κ2) is 6.78. The van der Waals surface area contributed by atoms with Crippen molar-refractivity contribution in [3.8, 4) is 0 Å². The molecule has 112 valence electrons. The molecular formula is C13H17F2NO3S. The van der Waals surface area contributed by atoms with Crippen molar-refractivity contribution in [3.63, 3.8) is 0 Å². The Balaban J connectivity index is 2.84. The van der Waals surface area contributed by atoms with E-state index >= 15 is 0 Å². The van der Waals surface area contributed by atoms with Gasteiger partial charge in [-0.05, 0) is 37.6 Å². The number of carbonyl (C=O) groups is 1. The van der Waals surface area contributed by atoms with E-state index in [2.05, 4.69) is 5.32 Å². The first-order valence-electron chi connectivity index (χ1n) is 6.22. The number of rotatable bonds is 6. The number of hydrogen-bond donors (Lipinski definition) is 1. The van der Waals surface area contributed by atoms with Gasteiger partial charge >= 0.3 is 5.76 Å². The summed E-state index contributed by atoms with van der Waals surface area (Å²) in [7, 11) is -4.62. The van der Waals surface area contributed by atoms with Crippen LogP contribution in [0.3, 0.4) is 0 Å². The van der Waals surface area contributed by atoms with Crippen LogP contribution in [0.5, 0.6) is 0 Å². The van der Waals surface area contributed by atoms with E-state index in [0.29, 0.717) is 0 Å². The molecule has 1 N–H and O–H groups in total. The van der Waals surface area contributed by atoms with Gasteiger partial charge < -0.3 is 5.32 Å². The molecule has 0 fully saturated rings. The molecule has 0 radical (unpaired) electrons. The maximum absolute atomic E-state index is 12.3. The van der Waals surface area contributed by atoms with Crippen molar-refractivity contribution in [2.75, 3.05) is 0 Å². The Labute approximate surface area is 117 Å². The molecule has 0 aliphatic rings. The van der Waals surface area contributed by atoms with Gasteiger partial charge in [-0.15, -0.1) is 0 Å². The maximum Gasteiger partial charge on any atom is 0.341 e. The number of nitrogens with one attached hydrogen (secondary N) is 1. The lowest BCUT2D eigenvalue weighted by molar-refractivity contribution is 0.0938. The number of hydrogen-bond acceptors (Lipinski definition) is 3. The second-order valence-corrected chi connectivity index (χ2v) is 6.41. The Morgan fingerprint density at radius 3 is 2.25 bits per heavy atom. The zero-order valence-corrected chi connectivity index (χ0v) is 12.1. The third-order valence-corrected chi connectivity index (χ3v) is 4.18. The van der Waals surface area contributed by atoms with Gasteiger partial charge in [-0.2, -0.15) is 8.78 Å². The van der Waals surface area contributed by atoms with Gasteiger partial charge in [0, 0.05) is 11.6 Å². The molecular weight excluding hydrogens is 288 g/mol. The summed E-state index contributed by atoms with van der Waals surface area (Å²) in [6.07, 6.45) is 1.75. The SMILES string of the molecule is CCC[C@@H](C)NC(=O)c1ccc(S(=O)(=O)C(F)F)cc1. The molecule has 7 heteroatoms. The zero-order chi connectivity index (χ0) is 15.3. The summed E-state index contributed by atoms with van der Waals surface area (Å²) in [5.74, 6) is -3.82. The average molecular weight is 305 g/mol. The molecule has 1 aromatic rings. The molecule has 0 aromatic heterocycles. The van der Waals surface area contributed by atoms with Crippen LogP contribution in [0.2, 0.25) is 0 Å². The van der Waals surface area contributed by atoms with Crippen molar-refractivity contribution in [1.82, 2.24) is 5.32 Å². The van der Waals surface area contributed by atoms with Crippen LogP contribution in [-0.4, -0.2) is 26.1 Å². The summed E-state index contributed by atoms with van der Waals surface area (Å²) in [4.78, 5) is 11.3. The van der Waals surface area contributed by atoms with Gasteiger partial charge in [0.05, 0.1) is 4.90 Å². The summed E-state index contributed by atoms with van der Waals surface area (Å²) in [6.45, 7) is 3.85. The zero-order valence-electron chi connectivity index (χ0n) is 11.3. The summed E-state index contributed by atoms with van der Waals surface area (Å²) in [6, 6.07) is 4.48. The Kier molecular flexibility index (Phi) is 5.62. The summed E-state index contributed by atoms with van der Waals surface area (Å²) < 4.78 is 47.1. The molecule has 4 nitrogen and oxygen atoms in total. The van der Waals surface area contributed by atoms with Crippen molar-refractivity contribution >= 4 is 15.7 Å². The number of halogens is 2. The summed E-state index contributed by atoms with van der Waals surface area (Å²) in [5.41, 5.74) is 0.237. The number of sulfone groups is 1. The van der Waals surface area contributed by atoms with E-state index in [1.807, 2.05) is 13.8 Å². The Hall–Kier alpha value is -1.50. The Morgan fingerprint density at radius 1 is 1.25 bits per heavy atom. The monoisotopic (exact) mass is 305 g/mol. The standard InChI is InChI=1S/C13H17F2NO3S/c1-3-4-9(2)16-12(17)10-5-7-11(8-6-10)20(18,19)13(14)15/h5-9,13H,3-4H2,1-2H3,(H,16,17)/t9-/m1/s1. The van der Waals surface area contributed by atoms with Gasteiger partial charge in [0.1, 0.15) is 0 Å². The number of amides is 1. The summed E-state index contributed by atoms with van der Waals surface area (Å²) in [5, 5.41) is 2.74. The van der Waals surface area contributed by atoms with Crippen molar-refractivity contribution < 1.29 is 22.0 Å². The number of benzene rings is 1. The van der Waals surface area contributed by atoms with Gasteiger partial charge in [-0.1, -0.05) is 13.3 Å². The van der Waals surface area contributed by atoms with Gasteiger partial charge in [-0.3, -0.25) is 4.79 Å². The minimum absolute atomic E-state index is 0.00280. The van der Waals surface area contributed by atoms with Crippen molar-refractivity contribution in [2.45, 2.75) is 43.4 Å². The fourth-order valence-corrected chi connectivity index (χ4v) is 2.43. The molecule has 1 atom stereocenters. The Morgan fingerprint density at radius 2 is 1.80 bits per heavy atom. The molecule has 0 spiro atoms. The van der Waals surface area contributed by atoms with Crippen molar-refractivity contribution in [1.29, 1.82) is 0 Å². The van der Waals surface area contributed by atoms with Crippen LogP contribution in [0.15, 0.2) is 29.2 Å². The molecule has 0 aliphatic heterocycles. The topological polar surface area (TPSA) is 63.2 Å². The first kappa shape index (κ1) is 16.6. The first-order valence-corrected chi connectivity index (χ1v) is 7.76. The van der Waals surface area contributed by atoms with Crippen LogP contribution < -0.4 is 5.32 Å². The molecule has 0 aliphatic carbocycles. The van der Waals surface area contributed by atoms with Crippen molar-refractivity contribution in [3.05, 3.63) is 29.8 Å². The van der Waals surface area contributed by atoms with Crippen LogP contribution in [0.1, 0.15) is 37.0 Å². The van der Waals surface area contributed by atoms with Gasteiger partial charge in [0.25, 0.3) is 5.91 Å². The van der Waals surface area contributed by atoms with Gasteiger partial charge in [0.2, 0.25) is 9.84 Å². The average Bonchev–Trinajstić information content (AvgIpc) is 2.38. The molecule has 0 unspecified atom stereocenters. The lowest BCUT2D eigenvalue weighted by atomic mass is 10.1. The predicted octanol–water partition coefficient (Wildman–Crippen LogP) is 2.60. The van der Waals surface area contributed by atoms with E-state index in [0.717, 1.165) is 25.0 Å². The van der Waals surface area contributed by atoms with E-state index in [4.69, 9.17) is 0 Å². The van der Waals surface area contributed by atoms with Crippen molar-refractivity contribution in [2.24, 2.45) is 0 Å². The molecule has 0 heterocycles. The van der Waals surface area contributed by atoms with E-state index in [1.54, 1.807) is 0 Å². The van der Waals surface area contributed by atoms with E-state index in [9.17, 15) is 22.0 Å². The molecule has 1 aromatic carbocycles. The fourth-order valence-electron chi connectivity index (χ4n) is 1.71. The minimum atomic E-state index is -4.62. The van der Waals surface area contributed by atoms with E-state index in [1.165, 1.54) is 12.1 Å². The van der Waals surface area contributed by atoms with E-state index < -0.39 is 20.5 Å². The van der Waals surface area contributed by atoms with Gasteiger partial charge in [-0.25, -0.2) is 8.42 Å². The smallest absolute Gasteiger partial charge is 0.341 e. The molecule has 0 saturated heterocycles. The lowest BCUT2D eigenvalue weighted by Gasteiger charge is -2.12. The number of carbonyl (C=O) groups excluding carboxylic acids is 1. The maximum atomic E-state index is 12.3. The molecule has 0 bridgehead atoms. The van der Waals surface area contributed by atoms with E-state index in [-0.39, 0.29) is 17.5 Å². The largest absolute Gasteiger partial charge is 0.350 e. The molecule has 1 amide bonds. The third kappa shape index (κ3) is 4.00. The normalized spacial score (nSPS) is 13.2. The fraction of sp³-hybridized carbons (Fsp3) is 0.462. The highest BCUT2D eigenvalue weighted by molar-refractivity contribution is 7.91. The quantitative estimate of drug-likeness (QED) is 0.878.